The number of nitro groups is 1. The number of aromatic nitrogens is 2. The first-order valence-electron chi connectivity index (χ1n) is 5.08. The molecule has 2 aromatic rings. The minimum absolute atomic E-state index is 0.0247. The van der Waals surface area contributed by atoms with Crippen molar-refractivity contribution in [2.45, 2.75) is 16.8 Å². The summed E-state index contributed by atoms with van der Waals surface area (Å²) in [4.78, 5) is 18.8. The number of nitrogen functional groups attached to an aromatic ring is 1. The summed E-state index contributed by atoms with van der Waals surface area (Å²) in [5.41, 5.74) is 6.34. The minimum Gasteiger partial charge on any atom is -0.368 e. The molecule has 0 spiro atoms. The van der Waals surface area contributed by atoms with Gasteiger partial charge in [0.15, 0.2) is 5.03 Å². The molecule has 92 valence electrons. The van der Waals surface area contributed by atoms with E-state index in [1.165, 1.54) is 11.8 Å². The molecule has 1 aromatic heterocycles. The standard InChI is InChI=1S/C11H10N4O2S/c1-7-4-2-3-5-9(7)18-10-8(15(16)17)6-13-11(12)14-10/h2-6H,1H3,(H2,12,13,14). The monoisotopic (exact) mass is 262 g/mol. The number of nitrogens with zero attached hydrogens (tertiary/aromatic N) is 3. The Hall–Kier alpha value is -2.15. The first-order valence-corrected chi connectivity index (χ1v) is 5.90. The number of benzene rings is 1. The number of hydrogen-bond donors (Lipinski definition) is 1. The summed E-state index contributed by atoms with van der Waals surface area (Å²) in [5, 5.41) is 11.1. The van der Waals surface area contributed by atoms with Gasteiger partial charge in [-0.25, -0.2) is 4.98 Å². The molecule has 7 heteroatoms. The van der Waals surface area contributed by atoms with E-state index in [1.807, 2.05) is 31.2 Å². The van der Waals surface area contributed by atoms with E-state index in [1.54, 1.807) is 0 Å². The first kappa shape index (κ1) is 12.3. The summed E-state index contributed by atoms with van der Waals surface area (Å²) in [6.45, 7) is 1.93. The third-order valence-electron chi connectivity index (χ3n) is 2.25. The highest BCUT2D eigenvalue weighted by Gasteiger charge is 2.18. The topological polar surface area (TPSA) is 94.9 Å². The van der Waals surface area contributed by atoms with Crippen molar-refractivity contribution in [3.63, 3.8) is 0 Å². The molecule has 0 saturated heterocycles. The van der Waals surface area contributed by atoms with Crippen LogP contribution < -0.4 is 5.73 Å². The fourth-order valence-corrected chi connectivity index (χ4v) is 2.30. The van der Waals surface area contributed by atoms with Crippen LogP contribution in [0.1, 0.15) is 5.56 Å². The van der Waals surface area contributed by atoms with Crippen molar-refractivity contribution >= 4 is 23.4 Å². The van der Waals surface area contributed by atoms with Gasteiger partial charge >= 0.3 is 5.69 Å². The average molecular weight is 262 g/mol. The van der Waals surface area contributed by atoms with Crippen LogP contribution in [0.4, 0.5) is 11.6 Å². The Morgan fingerprint density at radius 2 is 2.11 bits per heavy atom. The molecule has 0 aliphatic heterocycles. The van der Waals surface area contributed by atoms with Crippen molar-refractivity contribution in [3.05, 3.63) is 46.1 Å². The molecule has 2 N–H and O–H groups in total. The lowest BCUT2D eigenvalue weighted by Gasteiger charge is -2.05. The molecule has 1 aromatic carbocycles. The van der Waals surface area contributed by atoms with Gasteiger partial charge in [0.05, 0.1) is 4.92 Å². The van der Waals surface area contributed by atoms with Crippen LogP contribution >= 0.6 is 11.8 Å². The van der Waals surface area contributed by atoms with E-state index in [9.17, 15) is 10.1 Å². The van der Waals surface area contributed by atoms with Crippen LogP contribution in [-0.2, 0) is 0 Å². The van der Waals surface area contributed by atoms with Gasteiger partial charge < -0.3 is 5.73 Å². The molecule has 2 rings (SSSR count). The SMILES string of the molecule is Cc1ccccc1Sc1nc(N)ncc1[N+](=O)[O-]. The highest BCUT2D eigenvalue weighted by Crippen LogP contribution is 2.34. The summed E-state index contributed by atoms with van der Waals surface area (Å²) in [6, 6.07) is 7.58. The van der Waals surface area contributed by atoms with Gasteiger partial charge in [-0.05, 0) is 18.6 Å². The van der Waals surface area contributed by atoms with E-state index >= 15 is 0 Å². The Morgan fingerprint density at radius 3 is 2.78 bits per heavy atom. The van der Waals surface area contributed by atoms with Gasteiger partial charge in [0.25, 0.3) is 0 Å². The van der Waals surface area contributed by atoms with Crippen molar-refractivity contribution in [2.75, 3.05) is 5.73 Å². The van der Waals surface area contributed by atoms with E-state index in [2.05, 4.69) is 9.97 Å². The van der Waals surface area contributed by atoms with Gasteiger partial charge in [-0.1, -0.05) is 30.0 Å². The van der Waals surface area contributed by atoms with Crippen LogP contribution in [0.3, 0.4) is 0 Å². The molecule has 0 atom stereocenters. The van der Waals surface area contributed by atoms with Crippen LogP contribution in [0.5, 0.6) is 0 Å². The Morgan fingerprint density at radius 1 is 1.39 bits per heavy atom. The Kier molecular flexibility index (Phi) is 3.42. The maximum atomic E-state index is 10.9. The van der Waals surface area contributed by atoms with Gasteiger partial charge in [0.1, 0.15) is 6.20 Å². The molecule has 0 aliphatic carbocycles. The summed E-state index contributed by atoms with van der Waals surface area (Å²) >= 11 is 1.21. The molecule has 0 aliphatic rings. The maximum Gasteiger partial charge on any atom is 0.320 e. The van der Waals surface area contributed by atoms with Crippen LogP contribution in [0, 0.1) is 17.0 Å². The van der Waals surface area contributed by atoms with Gasteiger partial charge in [0.2, 0.25) is 5.95 Å². The predicted molar refractivity (Wildman–Crippen MR) is 68.4 cm³/mol. The van der Waals surface area contributed by atoms with Crippen LogP contribution in [0.25, 0.3) is 0 Å². The van der Waals surface area contributed by atoms with Gasteiger partial charge in [-0.2, -0.15) is 4.98 Å². The number of anilines is 1. The highest BCUT2D eigenvalue weighted by molar-refractivity contribution is 7.99. The molecule has 0 bridgehead atoms. The molecule has 0 radical (unpaired) electrons. The Bertz CT molecular complexity index is 603. The smallest absolute Gasteiger partial charge is 0.320 e. The van der Waals surface area contributed by atoms with Gasteiger partial charge in [-0.15, -0.1) is 0 Å². The zero-order valence-electron chi connectivity index (χ0n) is 9.53. The second kappa shape index (κ2) is 5.01. The zero-order chi connectivity index (χ0) is 13.1. The van der Waals surface area contributed by atoms with Crippen molar-refractivity contribution in [1.82, 2.24) is 9.97 Å². The van der Waals surface area contributed by atoms with Gasteiger partial charge in [0, 0.05) is 4.90 Å². The predicted octanol–water partition coefficient (Wildman–Crippen LogP) is 2.43. The third-order valence-corrected chi connectivity index (χ3v) is 3.42. The molecule has 6 nitrogen and oxygen atoms in total. The second-order valence-electron chi connectivity index (χ2n) is 3.54. The van der Waals surface area contributed by atoms with E-state index in [0.29, 0.717) is 0 Å². The third kappa shape index (κ3) is 2.57. The van der Waals surface area contributed by atoms with E-state index in [0.717, 1.165) is 16.7 Å². The van der Waals surface area contributed by atoms with Crippen molar-refractivity contribution < 1.29 is 4.92 Å². The molecular formula is C11H10N4O2S. The molecule has 0 unspecified atom stereocenters. The van der Waals surface area contributed by atoms with Crippen molar-refractivity contribution in [1.29, 1.82) is 0 Å². The quantitative estimate of drug-likeness (QED) is 0.518. The van der Waals surface area contributed by atoms with Crippen LogP contribution in [0.15, 0.2) is 40.4 Å². The summed E-state index contributed by atoms with van der Waals surface area (Å²) in [6.07, 6.45) is 1.13. The molecule has 0 amide bonds. The first-order chi connectivity index (χ1) is 8.58. The van der Waals surface area contributed by atoms with Gasteiger partial charge in [-0.3, -0.25) is 10.1 Å². The Balaban J connectivity index is 2.42. The minimum atomic E-state index is -0.514. The van der Waals surface area contributed by atoms with E-state index < -0.39 is 4.92 Å². The summed E-state index contributed by atoms with van der Waals surface area (Å²) < 4.78 is 0. The average Bonchev–Trinajstić information content (AvgIpc) is 2.32. The largest absolute Gasteiger partial charge is 0.368 e. The zero-order valence-corrected chi connectivity index (χ0v) is 10.3. The van der Waals surface area contributed by atoms with Crippen LogP contribution in [0.2, 0.25) is 0 Å². The normalized spacial score (nSPS) is 10.3. The summed E-state index contributed by atoms with van der Waals surface area (Å²) in [5.74, 6) is 0.0247. The lowest BCUT2D eigenvalue weighted by atomic mass is 10.2. The summed E-state index contributed by atoms with van der Waals surface area (Å²) in [7, 11) is 0. The highest BCUT2D eigenvalue weighted by atomic mass is 32.2. The second-order valence-corrected chi connectivity index (χ2v) is 4.57. The maximum absolute atomic E-state index is 10.9. The number of nitrogens with two attached hydrogens (primary N) is 1. The fourth-order valence-electron chi connectivity index (χ4n) is 1.35. The fraction of sp³-hybridized carbons (Fsp3) is 0.0909. The molecule has 1 heterocycles. The van der Waals surface area contributed by atoms with Crippen molar-refractivity contribution in [2.24, 2.45) is 0 Å². The number of rotatable bonds is 3. The lowest BCUT2D eigenvalue weighted by Crippen LogP contribution is -2.00. The molecule has 0 fully saturated rings. The van der Waals surface area contributed by atoms with Crippen molar-refractivity contribution in [3.8, 4) is 0 Å². The Labute approximate surface area is 107 Å². The van der Waals surface area contributed by atoms with Crippen LogP contribution in [-0.4, -0.2) is 14.9 Å². The molecular weight excluding hydrogens is 252 g/mol. The lowest BCUT2D eigenvalue weighted by molar-refractivity contribution is -0.388. The number of aryl methyl sites for hydroxylation is 1. The number of hydrogen-bond acceptors (Lipinski definition) is 6. The van der Waals surface area contributed by atoms with E-state index in [4.69, 9.17) is 5.73 Å². The van der Waals surface area contributed by atoms with E-state index in [-0.39, 0.29) is 16.7 Å². The molecule has 0 saturated carbocycles. The molecule has 18 heavy (non-hydrogen) atoms.